The lowest BCUT2D eigenvalue weighted by Crippen LogP contribution is -2.49. The molecule has 1 aliphatic rings. The van der Waals surface area contributed by atoms with Crippen molar-refractivity contribution in [3.8, 4) is 11.5 Å². The van der Waals surface area contributed by atoms with E-state index in [2.05, 4.69) is 24.1 Å². The second kappa shape index (κ2) is 5.59. The summed E-state index contributed by atoms with van der Waals surface area (Å²) in [6.45, 7) is 7.31. The second-order valence-electron chi connectivity index (χ2n) is 4.95. The number of ether oxygens (including phenoxy) is 1. The Morgan fingerprint density at radius 3 is 2.94 bits per heavy atom. The fourth-order valence-corrected chi connectivity index (χ4v) is 2.50. The number of piperazine rings is 1. The molecule has 0 spiro atoms. The molecule has 2 unspecified atom stereocenters. The van der Waals surface area contributed by atoms with E-state index in [-0.39, 0.29) is 6.04 Å². The van der Waals surface area contributed by atoms with Crippen LogP contribution in [0.4, 0.5) is 0 Å². The predicted octanol–water partition coefficient (Wildman–Crippen LogP) is 1.76. The SMILES string of the molecule is COc1ccc(O)c(C(C)N2CCNC(C)C2)c1. The summed E-state index contributed by atoms with van der Waals surface area (Å²) in [5, 5.41) is 13.4. The summed E-state index contributed by atoms with van der Waals surface area (Å²) in [7, 11) is 1.65. The third-order valence-corrected chi connectivity index (χ3v) is 3.63. The highest BCUT2D eigenvalue weighted by molar-refractivity contribution is 5.41. The number of nitrogens with one attached hydrogen (secondary N) is 1. The molecule has 0 radical (unpaired) electrons. The van der Waals surface area contributed by atoms with Crippen molar-refractivity contribution < 1.29 is 9.84 Å². The predicted molar refractivity (Wildman–Crippen MR) is 72.1 cm³/mol. The number of benzene rings is 1. The molecular weight excluding hydrogens is 228 g/mol. The summed E-state index contributed by atoms with van der Waals surface area (Å²) in [5.41, 5.74) is 0.934. The van der Waals surface area contributed by atoms with E-state index in [9.17, 15) is 5.11 Å². The molecule has 0 saturated carbocycles. The quantitative estimate of drug-likeness (QED) is 0.858. The molecule has 1 saturated heterocycles. The fourth-order valence-electron chi connectivity index (χ4n) is 2.50. The molecule has 1 aromatic rings. The highest BCUT2D eigenvalue weighted by atomic mass is 16.5. The minimum absolute atomic E-state index is 0.199. The molecule has 1 aromatic carbocycles. The van der Waals surface area contributed by atoms with Crippen LogP contribution in [-0.2, 0) is 0 Å². The maximum absolute atomic E-state index is 10.00. The maximum atomic E-state index is 10.00. The van der Waals surface area contributed by atoms with Crippen LogP contribution in [0, 0.1) is 0 Å². The van der Waals surface area contributed by atoms with Crippen molar-refractivity contribution in [1.82, 2.24) is 10.2 Å². The van der Waals surface area contributed by atoms with Crippen LogP contribution in [0.3, 0.4) is 0 Å². The normalized spacial score (nSPS) is 22.7. The van der Waals surface area contributed by atoms with Gasteiger partial charge < -0.3 is 15.2 Å². The minimum atomic E-state index is 0.199. The van der Waals surface area contributed by atoms with Crippen molar-refractivity contribution in [3.63, 3.8) is 0 Å². The van der Waals surface area contributed by atoms with E-state index in [0.29, 0.717) is 11.8 Å². The maximum Gasteiger partial charge on any atom is 0.120 e. The first kappa shape index (κ1) is 13.2. The van der Waals surface area contributed by atoms with Crippen LogP contribution in [0.5, 0.6) is 11.5 Å². The number of nitrogens with zero attached hydrogens (tertiary/aromatic N) is 1. The summed E-state index contributed by atoms with van der Waals surface area (Å²) in [6, 6.07) is 6.10. The number of phenolic OH excluding ortho intramolecular Hbond substituents is 1. The van der Waals surface area contributed by atoms with Gasteiger partial charge in [-0.25, -0.2) is 0 Å². The Labute approximate surface area is 109 Å². The molecule has 4 heteroatoms. The number of methoxy groups -OCH3 is 1. The van der Waals surface area contributed by atoms with Gasteiger partial charge in [-0.1, -0.05) is 0 Å². The topological polar surface area (TPSA) is 44.7 Å². The third kappa shape index (κ3) is 2.76. The first-order valence-electron chi connectivity index (χ1n) is 6.46. The van der Waals surface area contributed by atoms with Crippen LogP contribution in [0.1, 0.15) is 25.5 Å². The van der Waals surface area contributed by atoms with Crippen molar-refractivity contribution in [1.29, 1.82) is 0 Å². The smallest absolute Gasteiger partial charge is 0.120 e. The average Bonchev–Trinajstić information content (AvgIpc) is 2.38. The van der Waals surface area contributed by atoms with Gasteiger partial charge in [0.2, 0.25) is 0 Å². The molecule has 2 atom stereocenters. The summed E-state index contributed by atoms with van der Waals surface area (Å²) >= 11 is 0. The van der Waals surface area contributed by atoms with Crippen LogP contribution < -0.4 is 10.1 Å². The number of rotatable bonds is 3. The van der Waals surface area contributed by atoms with Gasteiger partial charge in [-0.3, -0.25) is 4.90 Å². The Kier molecular flexibility index (Phi) is 4.09. The van der Waals surface area contributed by atoms with Gasteiger partial charge in [0.1, 0.15) is 11.5 Å². The standard InChI is InChI=1S/C14H22N2O2/c1-10-9-16(7-6-15-10)11(2)13-8-12(18-3)4-5-14(13)17/h4-5,8,10-11,15,17H,6-7,9H2,1-3H3. The average molecular weight is 250 g/mol. The van der Waals surface area contributed by atoms with Gasteiger partial charge in [0.15, 0.2) is 0 Å². The molecule has 0 aromatic heterocycles. The van der Waals surface area contributed by atoms with E-state index in [4.69, 9.17) is 4.74 Å². The van der Waals surface area contributed by atoms with Crippen LogP contribution in [-0.4, -0.2) is 42.8 Å². The van der Waals surface area contributed by atoms with Crippen molar-refractivity contribution in [2.45, 2.75) is 25.9 Å². The molecule has 1 aliphatic heterocycles. The van der Waals surface area contributed by atoms with E-state index >= 15 is 0 Å². The largest absolute Gasteiger partial charge is 0.508 e. The highest BCUT2D eigenvalue weighted by Crippen LogP contribution is 2.32. The Hall–Kier alpha value is -1.26. The Bertz CT molecular complexity index is 409. The lowest BCUT2D eigenvalue weighted by Gasteiger charge is -2.36. The first-order valence-corrected chi connectivity index (χ1v) is 6.46. The van der Waals surface area contributed by atoms with Crippen LogP contribution in [0.15, 0.2) is 18.2 Å². The van der Waals surface area contributed by atoms with Crippen molar-refractivity contribution in [3.05, 3.63) is 23.8 Å². The Morgan fingerprint density at radius 1 is 1.50 bits per heavy atom. The number of hydrogen-bond acceptors (Lipinski definition) is 4. The molecule has 0 aliphatic carbocycles. The van der Waals surface area contributed by atoms with E-state index in [1.807, 2.05) is 6.07 Å². The molecule has 18 heavy (non-hydrogen) atoms. The zero-order chi connectivity index (χ0) is 13.1. The molecule has 1 fully saturated rings. The van der Waals surface area contributed by atoms with Crippen LogP contribution in [0.2, 0.25) is 0 Å². The molecule has 4 nitrogen and oxygen atoms in total. The van der Waals surface area contributed by atoms with Gasteiger partial charge in [-0.15, -0.1) is 0 Å². The third-order valence-electron chi connectivity index (χ3n) is 3.63. The molecule has 0 bridgehead atoms. The summed E-state index contributed by atoms with van der Waals surface area (Å²) in [5.74, 6) is 1.13. The van der Waals surface area contributed by atoms with Crippen molar-refractivity contribution in [2.24, 2.45) is 0 Å². The van der Waals surface area contributed by atoms with E-state index in [1.165, 1.54) is 0 Å². The monoisotopic (exact) mass is 250 g/mol. The van der Waals surface area contributed by atoms with Gasteiger partial charge in [0, 0.05) is 37.3 Å². The van der Waals surface area contributed by atoms with Gasteiger partial charge in [-0.05, 0) is 32.0 Å². The molecule has 2 N–H and O–H groups in total. The lowest BCUT2D eigenvalue weighted by molar-refractivity contribution is 0.156. The number of aromatic hydroxyl groups is 1. The van der Waals surface area contributed by atoms with Gasteiger partial charge >= 0.3 is 0 Å². The molecule has 2 rings (SSSR count). The molecular formula is C14H22N2O2. The van der Waals surface area contributed by atoms with Crippen molar-refractivity contribution >= 4 is 0 Å². The first-order chi connectivity index (χ1) is 8.61. The Morgan fingerprint density at radius 2 is 2.28 bits per heavy atom. The lowest BCUT2D eigenvalue weighted by atomic mass is 10.0. The fraction of sp³-hybridized carbons (Fsp3) is 0.571. The van der Waals surface area contributed by atoms with E-state index < -0.39 is 0 Å². The van der Waals surface area contributed by atoms with Crippen LogP contribution >= 0.6 is 0 Å². The van der Waals surface area contributed by atoms with Gasteiger partial charge in [0.05, 0.1) is 7.11 Å². The zero-order valence-corrected chi connectivity index (χ0v) is 11.3. The van der Waals surface area contributed by atoms with E-state index in [0.717, 1.165) is 30.9 Å². The molecule has 100 valence electrons. The van der Waals surface area contributed by atoms with E-state index in [1.54, 1.807) is 19.2 Å². The second-order valence-corrected chi connectivity index (χ2v) is 4.95. The Balaban J connectivity index is 2.19. The van der Waals surface area contributed by atoms with Crippen molar-refractivity contribution in [2.75, 3.05) is 26.7 Å². The highest BCUT2D eigenvalue weighted by Gasteiger charge is 2.23. The van der Waals surface area contributed by atoms with Gasteiger partial charge in [0.25, 0.3) is 0 Å². The molecule has 0 amide bonds. The minimum Gasteiger partial charge on any atom is -0.508 e. The summed E-state index contributed by atoms with van der Waals surface area (Å²) in [6.07, 6.45) is 0. The number of phenols is 1. The van der Waals surface area contributed by atoms with Gasteiger partial charge in [-0.2, -0.15) is 0 Å². The zero-order valence-electron chi connectivity index (χ0n) is 11.3. The number of hydrogen-bond donors (Lipinski definition) is 2. The molecule has 1 heterocycles. The summed E-state index contributed by atoms with van der Waals surface area (Å²) in [4.78, 5) is 2.38. The van der Waals surface area contributed by atoms with Crippen LogP contribution in [0.25, 0.3) is 0 Å². The summed E-state index contributed by atoms with van der Waals surface area (Å²) < 4.78 is 5.23.